The number of rotatable bonds is 4. The van der Waals surface area contributed by atoms with Crippen LogP contribution in [0.4, 0.5) is 10.5 Å². The topological polar surface area (TPSA) is 78.4 Å². The Morgan fingerprint density at radius 3 is 2.63 bits per heavy atom. The summed E-state index contributed by atoms with van der Waals surface area (Å²) in [5, 5.41) is 14.4. The number of hydrogen-bond donors (Lipinski definition) is 3. The summed E-state index contributed by atoms with van der Waals surface area (Å²) in [6.07, 6.45) is 1.85. The molecule has 0 atom stereocenters. The molecule has 0 spiro atoms. The van der Waals surface area contributed by atoms with Gasteiger partial charge in [0.25, 0.3) is 0 Å². The van der Waals surface area contributed by atoms with Gasteiger partial charge in [-0.15, -0.1) is 0 Å². The molecule has 0 aliphatic rings. The van der Waals surface area contributed by atoms with Gasteiger partial charge in [0, 0.05) is 11.6 Å². The third kappa shape index (κ3) is 5.01. The molecule has 0 saturated carbocycles. The zero-order chi connectivity index (χ0) is 14.4. The van der Waals surface area contributed by atoms with Crippen LogP contribution in [-0.2, 0) is 0 Å². The highest BCUT2D eigenvalue weighted by Crippen LogP contribution is 2.20. The molecule has 0 fully saturated rings. The maximum atomic E-state index is 11.6. The molecule has 0 radical (unpaired) electrons. The summed E-state index contributed by atoms with van der Waals surface area (Å²) in [7, 11) is 0. The number of nitrogens with one attached hydrogen (secondary N) is 2. The van der Waals surface area contributed by atoms with Crippen LogP contribution in [0.2, 0.25) is 5.02 Å². The average molecular weight is 283 g/mol. The van der Waals surface area contributed by atoms with Gasteiger partial charge >= 0.3 is 12.0 Å². The zero-order valence-corrected chi connectivity index (χ0v) is 11.4. The lowest BCUT2D eigenvalue weighted by Crippen LogP contribution is -2.29. The van der Waals surface area contributed by atoms with Crippen LogP contribution in [0.3, 0.4) is 0 Å². The number of halogens is 1. The Labute approximate surface area is 116 Å². The molecule has 6 heteroatoms. The molecular formula is C13H15ClN2O3. The van der Waals surface area contributed by atoms with E-state index in [0.29, 0.717) is 11.6 Å². The molecular weight excluding hydrogens is 268 g/mol. The summed E-state index contributed by atoms with van der Waals surface area (Å²) in [5.74, 6) is -1.15. The van der Waals surface area contributed by atoms with Crippen LogP contribution in [0.25, 0.3) is 0 Å². The SMILES string of the molecule is CC(C)=CCNC(=O)Nc1ccc(Cl)cc1C(=O)O. The van der Waals surface area contributed by atoms with Crippen LogP contribution in [-0.4, -0.2) is 23.7 Å². The first-order valence-corrected chi connectivity index (χ1v) is 5.99. The monoisotopic (exact) mass is 282 g/mol. The Hall–Kier alpha value is -2.01. The number of amides is 2. The maximum absolute atomic E-state index is 11.6. The van der Waals surface area contributed by atoms with Crippen LogP contribution in [0, 0.1) is 0 Å². The van der Waals surface area contributed by atoms with Gasteiger partial charge in [-0.05, 0) is 32.0 Å². The van der Waals surface area contributed by atoms with Gasteiger partial charge in [-0.25, -0.2) is 9.59 Å². The fourth-order valence-corrected chi connectivity index (χ4v) is 1.49. The Morgan fingerprint density at radius 1 is 1.37 bits per heavy atom. The van der Waals surface area contributed by atoms with Crippen molar-refractivity contribution in [2.45, 2.75) is 13.8 Å². The molecule has 1 aromatic carbocycles. The van der Waals surface area contributed by atoms with Crippen LogP contribution >= 0.6 is 11.6 Å². The minimum atomic E-state index is -1.15. The van der Waals surface area contributed by atoms with Crippen molar-refractivity contribution < 1.29 is 14.7 Å². The van der Waals surface area contributed by atoms with E-state index in [-0.39, 0.29) is 11.3 Å². The van der Waals surface area contributed by atoms with Gasteiger partial charge in [-0.3, -0.25) is 0 Å². The van der Waals surface area contributed by atoms with E-state index in [4.69, 9.17) is 16.7 Å². The van der Waals surface area contributed by atoms with Gasteiger partial charge in [0.2, 0.25) is 0 Å². The number of anilines is 1. The number of allylic oxidation sites excluding steroid dienone is 1. The zero-order valence-electron chi connectivity index (χ0n) is 10.7. The highest BCUT2D eigenvalue weighted by molar-refractivity contribution is 6.31. The van der Waals surface area contributed by atoms with Gasteiger partial charge in [0.1, 0.15) is 0 Å². The van der Waals surface area contributed by atoms with Gasteiger partial charge < -0.3 is 15.7 Å². The molecule has 2 amide bonds. The van der Waals surface area contributed by atoms with E-state index in [1.165, 1.54) is 18.2 Å². The van der Waals surface area contributed by atoms with Gasteiger partial charge in [-0.1, -0.05) is 23.3 Å². The number of aromatic carboxylic acids is 1. The van der Waals surface area contributed by atoms with Crippen molar-refractivity contribution in [1.82, 2.24) is 5.32 Å². The molecule has 0 bridgehead atoms. The molecule has 19 heavy (non-hydrogen) atoms. The van der Waals surface area contributed by atoms with Crippen molar-refractivity contribution in [1.29, 1.82) is 0 Å². The molecule has 0 aromatic heterocycles. The van der Waals surface area contributed by atoms with Gasteiger partial charge in [0.15, 0.2) is 0 Å². The Balaban J connectivity index is 2.74. The number of benzene rings is 1. The van der Waals surface area contributed by atoms with Crippen molar-refractivity contribution in [2.75, 3.05) is 11.9 Å². The smallest absolute Gasteiger partial charge is 0.337 e. The number of urea groups is 1. The Kier molecular flexibility index (Phi) is 5.38. The molecule has 3 N–H and O–H groups in total. The van der Waals surface area contributed by atoms with Crippen molar-refractivity contribution in [3.05, 3.63) is 40.4 Å². The van der Waals surface area contributed by atoms with E-state index in [2.05, 4.69) is 10.6 Å². The van der Waals surface area contributed by atoms with E-state index in [0.717, 1.165) is 5.57 Å². The lowest BCUT2D eigenvalue weighted by Gasteiger charge is -2.09. The van der Waals surface area contributed by atoms with E-state index in [1.54, 1.807) is 0 Å². The number of carboxylic acids is 1. The van der Waals surface area contributed by atoms with Crippen molar-refractivity contribution in [2.24, 2.45) is 0 Å². The normalized spacial score (nSPS) is 9.63. The summed E-state index contributed by atoms with van der Waals surface area (Å²) in [6.45, 7) is 4.22. The second-order valence-electron chi connectivity index (χ2n) is 4.11. The first-order valence-electron chi connectivity index (χ1n) is 5.61. The minimum Gasteiger partial charge on any atom is -0.478 e. The summed E-state index contributed by atoms with van der Waals surface area (Å²) in [4.78, 5) is 22.6. The summed E-state index contributed by atoms with van der Waals surface area (Å²) in [6, 6.07) is 3.78. The molecule has 1 aromatic rings. The van der Waals surface area contributed by atoms with Gasteiger partial charge in [0.05, 0.1) is 11.3 Å². The van der Waals surface area contributed by atoms with Crippen LogP contribution in [0.15, 0.2) is 29.8 Å². The first-order chi connectivity index (χ1) is 8.90. The minimum absolute atomic E-state index is 0.0511. The number of hydrogen-bond acceptors (Lipinski definition) is 2. The van der Waals surface area contributed by atoms with Crippen molar-refractivity contribution in [3.8, 4) is 0 Å². The number of carbonyl (C=O) groups is 2. The highest BCUT2D eigenvalue weighted by atomic mass is 35.5. The first kappa shape index (κ1) is 15.0. The largest absolute Gasteiger partial charge is 0.478 e. The summed E-state index contributed by atoms with van der Waals surface area (Å²) >= 11 is 5.72. The van der Waals surface area contributed by atoms with E-state index >= 15 is 0 Å². The van der Waals surface area contributed by atoms with E-state index in [1.807, 2.05) is 19.9 Å². The summed E-state index contributed by atoms with van der Waals surface area (Å²) < 4.78 is 0. The van der Waals surface area contributed by atoms with Crippen LogP contribution in [0.5, 0.6) is 0 Å². The lowest BCUT2D eigenvalue weighted by molar-refractivity contribution is 0.0698. The average Bonchev–Trinajstić information content (AvgIpc) is 2.30. The summed E-state index contributed by atoms with van der Waals surface area (Å²) in [5.41, 5.74) is 1.23. The maximum Gasteiger partial charge on any atom is 0.337 e. The Morgan fingerprint density at radius 2 is 2.05 bits per heavy atom. The Bertz CT molecular complexity index is 523. The fourth-order valence-electron chi connectivity index (χ4n) is 1.32. The second kappa shape index (κ2) is 6.80. The number of carbonyl (C=O) groups excluding carboxylic acids is 1. The standard InChI is InChI=1S/C13H15ClN2O3/c1-8(2)5-6-15-13(19)16-11-4-3-9(14)7-10(11)12(17)18/h3-5,7H,6H2,1-2H3,(H,17,18)(H2,15,16,19). The van der Waals surface area contributed by atoms with Crippen LogP contribution < -0.4 is 10.6 Å². The lowest BCUT2D eigenvalue weighted by atomic mass is 10.2. The third-order valence-electron chi connectivity index (χ3n) is 2.23. The molecule has 0 unspecified atom stereocenters. The van der Waals surface area contributed by atoms with E-state index in [9.17, 15) is 9.59 Å². The molecule has 5 nitrogen and oxygen atoms in total. The molecule has 0 aliphatic heterocycles. The molecule has 0 aliphatic carbocycles. The van der Waals surface area contributed by atoms with Gasteiger partial charge in [-0.2, -0.15) is 0 Å². The fraction of sp³-hybridized carbons (Fsp3) is 0.231. The van der Waals surface area contributed by atoms with Crippen LogP contribution in [0.1, 0.15) is 24.2 Å². The van der Waals surface area contributed by atoms with E-state index < -0.39 is 12.0 Å². The quantitative estimate of drug-likeness (QED) is 0.742. The highest BCUT2D eigenvalue weighted by Gasteiger charge is 2.12. The molecule has 1 rings (SSSR count). The second-order valence-corrected chi connectivity index (χ2v) is 4.55. The van der Waals surface area contributed by atoms with Crippen molar-refractivity contribution in [3.63, 3.8) is 0 Å². The predicted molar refractivity (Wildman–Crippen MR) is 74.9 cm³/mol. The molecule has 0 heterocycles. The molecule has 0 saturated heterocycles. The molecule has 102 valence electrons. The number of carboxylic acid groups (broad SMARTS) is 1. The predicted octanol–water partition coefficient (Wildman–Crippen LogP) is 3.13. The van der Waals surface area contributed by atoms with Crippen molar-refractivity contribution >= 4 is 29.3 Å². The third-order valence-corrected chi connectivity index (χ3v) is 2.47.